The van der Waals surface area contributed by atoms with Crippen molar-refractivity contribution in [1.29, 1.82) is 0 Å². The van der Waals surface area contributed by atoms with E-state index in [4.69, 9.17) is 4.42 Å². The molecule has 100 valence electrons. The molecule has 0 bridgehead atoms. The molecule has 2 unspecified atom stereocenters. The third-order valence-electron chi connectivity index (χ3n) is 4.04. The third kappa shape index (κ3) is 2.90. The van der Waals surface area contributed by atoms with Gasteiger partial charge in [-0.1, -0.05) is 37.3 Å². The molecule has 1 aromatic carbocycles. The van der Waals surface area contributed by atoms with Gasteiger partial charge in [-0.3, -0.25) is 0 Å². The van der Waals surface area contributed by atoms with E-state index in [1.165, 1.54) is 12.0 Å². The highest BCUT2D eigenvalue weighted by atomic mass is 16.3. The van der Waals surface area contributed by atoms with Gasteiger partial charge in [0.25, 0.3) is 0 Å². The first kappa shape index (κ1) is 12.5. The molecule has 1 aliphatic rings. The van der Waals surface area contributed by atoms with E-state index >= 15 is 0 Å². The maximum atomic E-state index is 5.90. The topological polar surface area (TPSA) is 25.2 Å². The first-order valence-corrected chi connectivity index (χ1v) is 7.11. The minimum atomic E-state index is 0.342. The van der Waals surface area contributed by atoms with Crippen LogP contribution in [0.3, 0.4) is 0 Å². The van der Waals surface area contributed by atoms with Crippen molar-refractivity contribution in [2.45, 2.75) is 38.8 Å². The summed E-state index contributed by atoms with van der Waals surface area (Å²) in [5, 5.41) is 3.51. The maximum Gasteiger partial charge on any atom is 0.117 e. The zero-order valence-electron chi connectivity index (χ0n) is 11.6. The van der Waals surface area contributed by atoms with Crippen molar-refractivity contribution in [3.05, 3.63) is 59.5 Å². The summed E-state index contributed by atoms with van der Waals surface area (Å²) in [6.45, 7) is 5.25. The van der Waals surface area contributed by atoms with Crippen molar-refractivity contribution in [1.82, 2.24) is 5.32 Å². The molecule has 0 aliphatic heterocycles. The summed E-state index contributed by atoms with van der Waals surface area (Å²) in [6, 6.07) is 15.1. The van der Waals surface area contributed by atoms with Crippen molar-refractivity contribution in [3.63, 3.8) is 0 Å². The van der Waals surface area contributed by atoms with Crippen LogP contribution in [0.2, 0.25) is 0 Å². The molecule has 0 saturated heterocycles. The van der Waals surface area contributed by atoms with Crippen LogP contribution < -0.4 is 5.32 Å². The third-order valence-corrected chi connectivity index (χ3v) is 4.04. The van der Waals surface area contributed by atoms with Crippen molar-refractivity contribution >= 4 is 0 Å². The minimum absolute atomic E-state index is 0.342. The Labute approximate surface area is 114 Å². The molecule has 0 radical (unpaired) electrons. The Hall–Kier alpha value is -1.54. The quantitative estimate of drug-likeness (QED) is 0.863. The maximum absolute atomic E-state index is 5.90. The van der Waals surface area contributed by atoms with Crippen LogP contribution in [-0.2, 0) is 6.54 Å². The molecular formula is C17H21NO. The Kier molecular flexibility index (Phi) is 3.43. The number of benzene rings is 1. The SMILES string of the molecule is CC1CC1c1ccc(CN[C@@H](C)c2ccccc2)o1. The molecular weight excluding hydrogens is 234 g/mol. The smallest absolute Gasteiger partial charge is 0.117 e. The first-order chi connectivity index (χ1) is 9.24. The lowest BCUT2D eigenvalue weighted by molar-refractivity contribution is 0.430. The van der Waals surface area contributed by atoms with Crippen LogP contribution in [0, 0.1) is 5.92 Å². The van der Waals surface area contributed by atoms with Gasteiger partial charge in [0.15, 0.2) is 0 Å². The van der Waals surface area contributed by atoms with Gasteiger partial charge in [0.2, 0.25) is 0 Å². The summed E-state index contributed by atoms with van der Waals surface area (Å²) in [7, 11) is 0. The van der Waals surface area contributed by atoms with Gasteiger partial charge >= 0.3 is 0 Å². The summed E-state index contributed by atoms with van der Waals surface area (Å²) < 4.78 is 5.90. The van der Waals surface area contributed by atoms with E-state index in [1.54, 1.807) is 0 Å². The summed E-state index contributed by atoms with van der Waals surface area (Å²) >= 11 is 0. The highest BCUT2D eigenvalue weighted by molar-refractivity contribution is 5.19. The second-order valence-electron chi connectivity index (χ2n) is 5.64. The zero-order valence-corrected chi connectivity index (χ0v) is 11.6. The van der Waals surface area contributed by atoms with Gasteiger partial charge < -0.3 is 9.73 Å². The monoisotopic (exact) mass is 255 g/mol. The van der Waals surface area contributed by atoms with Gasteiger partial charge in [-0.2, -0.15) is 0 Å². The van der Waals surface area contributed by atoms with Crippen molar-refractivity contribution in [3.8, 4) is 0 Å². The normalized spacial score (nSPS) is 23.3. The molecule has 2 heteroatoms. The van der Waals surface area contributed by atoms with Crippen LogP contribution in [0.5, 0.6) is 0 Å². The van der Waals surface area contributed by atoms with E-state index in [2.05, 4.69) is 55.6 Å². The van der Waals surface area contributed by atoms with Crippen LogP contribution in [0.1, 0.15) is 49.3 Å². The van der Waals surface area contributed by atoms with Gasteiger partial charge in [0.1, 0.15) is 11.5 Å². The van der Waals surface area contributed by atoms with E-state index in [1.807, 2.05) is 6.07 Å². The van der Waals surface area contributed by atoms with Crippen molar-refractivity contribution in [2.75, 3.05) is 0 Å². The summed E-state index contributed by atoms with van der Waals surface area (Å²) in [4.78, 5) is 0. The minimum Gasteiger partial charge on any atom is -0.464 e. The second kappa shape index (κ2) is 5.22. The predicted molar refractivity (Wildman–Crippen MR) is 76.9 cm³/mol. The zero-order chi connectivity index (χ0) is 13.2. The molecule has 1 N–H and O–H groups in total. The molecule has 2 nitrogen and oxygen atoms in total. The average Bonchev–Trinajstić information content (AvgIpc) is 3.00. The van der Waals surface area contributed by atoms with Crippen LogP contribution >= 0.6 is 0 Å². The molecule has 1 fully saturated rings. The fraction of sp³-hybridized carbons (Fsp3) is 0.412. The molecule has 19 heavy (non-hydrogen) atoms. The Bertz CT molecular complexity index is 531. The van der Waals surface area contributed by atoms with Gasteiger partial charge in [-0.15, -0.1) is 0 Å². The van der Waals surface area contributed by atoms with E-state index in [9.17, 15) is 0 Å². The van der Waals surface area contributed by atoms with Crippen LogP contribution in [0.15, 0.2) is 46.9 Å². The summed E-state index contributed by atoms with van der Waals surface area (Å²) in [5.74, 6) is 3.67. The van der Waals surface area contributed by atoms with Gasteiger partial charge in [-0.25, -0.2) is 0 Å². The number of furan rings is 1. The predicted octanol–water partition coefficient (Wildman–Crippen LogP) is 4.25. The molecule has 2 aromatic rings. The Balaban J connectivity index is 1.56. The van der Waals surface area contributed by atoms with Crippen LogP contribution in [0.25, 0.3) is 0 Å². The van der Waals surface area contributed by atoms with E-state index in [0.29, 0.717) is 12.0 Å². The average molecular weight is 255 g/mol. The first-order valence-electron chi connectivity index (χ1n) is 7.11. The number of nitrogens with one attached hydrogen (secondary N) is 1. The lowest BCUT2D eigenvalue weighted by atomic mass is 10.1. The fourth-order valence-electron chi connectivity index (χ4n) is 2.52. The highest BCUT2D eigenvalue weighted by Gasteiger charge is 2.36. The van der Waals surface area contributed by atoms with Crippen LogP contribution in [0.4, 0.5) is 0 Å². The van der Waals surface area contributed by atoms with Crippen molar-refractivity contribution in [2.24, 2.45) is 5.92 Å². The molecule has 1 aliphatic carbocycles. The lowest BCUT2D eigenvalue weighted by Gasteiger charge is -2.12. The van der Waals surface area contributed by atoms with E-state index in [-0.39, 0.29) is 0 Å². The fourth-order valence-corrected chi connectivity index (χ4v) is 2.52. The summed E-state index contributed by atoms with van der Waals surface area (Å²) in [5.41, 5.74) is 1.31. The molecule has 0 spiro atoms. The lowest BCUT2D eigenvalue weighted by Crippen LogP contribution is -2.17. The van der Waals surface area contributed by atoms with Crippen LogP contribution in [-0.4, -0.2) is 0 Å². The Morgan fingerprint density at radius 2 is 1.95 bits per heavy atom. The standard InChI is InChI=1S/C17H21NO/c1-12-10-16(12)17-9-8-15(19-17)11-18-13(2)14-6-4-3-5-7-14/h3-9,12-13,16,18H,10-11H2,1-2H3/t12?,13-,16?/m0/s1. The van der Waals surface area contributed by atoms with Gasteiger partial charge in [0, 0.05) is 12.0 Å². The van der Waals surface area contributed by atoms with Gasteiger partial charge in [0.05, 0.1) is 6.54 Å². The summed E-state index contributed by atoms with van der Waals surface area (Å²) in [6.07, 6.45) is 1.28. The Morgan fingerprint density at radius 1 is 1.21 bits per heavy atom. The number of rotatable bonds is 5. The molecule has 0 amide bonds. The number of hydrogen-bond donors (Lipinski definition) is 1. The Morgan fingerprint density at radius 3 is 2.63 bits per heavy atom. The van der Waals surface area contributed by atoms with E-state index in [0.717, 1.165) is 24.0 Å². The van der Waals surface area contributed by atoms with Gasteiger partial charge in [-0.05, 0) is 37.0 Å². The molecule has 1 heterocycles. The molecule has 1 aromatic heterocycles. The molecule has 3 rings (SSSR count). The highest BCUT2D eigenvalue weighted by Crippen LogP contribution is 2.47. The number of hydrogen-bond acceptors (Lipinski definition) is 2. The second-order valence-corrected chi connectivity index (χ2v) is 5.64. The molecule has 1 saturated carbocycles. The van der Waals surface area contributed by atoms with E-state index < -0.39 is 0 Å². The van der Waals surface area contributed by atoms with Crippen molar-refractivity contribution < 1.29 is 4.42 Å². The largest absolute Gasteiger partial charge is 0.464 e. The molecule has 3 atom stereocenters.